The third-order valence-electron chi connectivity index (χ3n) is 3.75. The molecule has 1 aromatic rings. The molecule has 17 heavy (non-hydrogen) atoms. The van der Waals surface area contributed by atoms with Crippen LogP contribution in [0, 0.1) is 11.8 Å². The van der Waals surface area contributed by atoms with Crippen LogP contribution in [0.15, 0.2) is 12.4 Å². The van der Waals surface area contributed by atoms with Crippen LogP contribution in [0.5, 0.6) is 0 Å². The molecule has 1 fully saturated rings. The van der Waals surface area contributed by atoms with Gasteiger partial charge in [-0.15, -0.1) is 0 Å². The van der Waals surface area contributed by atoms with E-state index in [0.717, 1.165) is 12.8 Å². The summed E-state index contributed by atoms with van der Waals surface area (Å²) in [6, 6.07) is 0.303. The number of nitrogens with zero attached hydrogens (tertiary/aromatic N) is 2. The van der Waals surface area contributed by atoms with Crippen molar-refractivity contribution in [1.29, 1.82) is 0 Å². The van der Waals surface area contributed by atoms with Gasteiger partial charge in [-0.2, -0.15) is 5.10 Å². The molecule has 1 amide bonds. The highest BCUT2D eigenvalue weighted by Gasteiger charge is 2.29. The first-order valence-electron chi connectivity index (χ1n) is 6.15. The second kappa shape index (κ2) is 4.87. The number of carbonyl (C=O) groups is 1. The molecule has 5 nitrogen and oxygen atoms in total. The van der Waals surface area contributed by atoms with Gasteiger partial charge in [0.05, 0.1) is 17.8 Å². The van der Waals surface area contributed by atoms with Gasteiger partial charge >= 0.3 is 0 Å². The van der Waals surface area contributed by atoms with Gasteiger partial charge in [0, 0.05) is 6.20 Å². The molecule has 0 aromatic carbocycles. The summed E-state index contributed by atoms with van der Waals surface area (Å²) >= 11 is 0. The SMILES string of the molecule is CC1CCC(CN)C(n2cc(C(N)=O)cn2)C1. The number of hydrogen-bond donors (Lipinski definition) is 2. The summed E-state index contributed by atoms with van der Waals surface area (Å²) < 4.78 is 1.87. The number of aromatic nitrogens is 2. The highest BCUT2D eigenvalue weighted by molar-refractivity contribution is 5.92. The Kier molecular flexibility index (Phi) is 3.47. The van der Waals surface area contributed by atoms with E-state index in [4.69, 9.17) is 11.5 Å². The second-order valence-electron chi connectivity index (χ2n) is 5.05. The van der Waals surface area contributed by atoms with Crippen molar-refractivity contribution in [2.24, 2.45) is 23.3 Å². The summed E-state index contributed by atoms with van der Waals surface area (Å²) in [6.45, 7) is 2.92. The van der Waals surface area contributed by atoms with Crippen molar-refractivity contribution in [1.82, 2.24) is 9.78 Å². The predicted octanol–water partition coefficient (Wildman–Crippen LogP) is 0.918. The predicted molar refractivity (Wildman–Crippen MR) is 65.3 cm³/mol. The minimum absolute atomic E-state index is 0.303. The molecule has 1 aliphatic rings. The zero-order valence-electron chi connectivity index (χ0n) is 10.2. The minimum Gasteiger partial charge on any atom is -0.366 e. The van der Waals surface area contributed by atoms with Crippen LogP contribution in [-0.2, 0) is 0 Å². The van der Waals surface area contributed by atoms with E-state index < -0.39 is 5.91 Å². The number of rotatable bonds is 3. The van der Waals surface area contributed by atoms with Crippen molar-refractivity contribution in [3.05, 3.63) is 18.0 Å². The Morgan fingerprint density at radius 1 is 1.59 bits per heavy atom. The van der Waals surface area contributed by atoms with E-state index in [1.807, 2.05) is 4.68 Å². The lowest BCUT2D eigenvalue weighted by molar-refractivity contribution is 0.1000. The van der Waals surface area contributed by atoms with E-state index in [1.54, 1.807) is 6.20 Å². The van der Waals surface area contributed by atoms with E-state index >= 15 is 0 Å². The first kappa shape index (κ1) is 12.1. The third kappa shape index (κ3) is 2.49. The average molecular weight is 236 g/mol. The second-order valence-corrected chi connectivity index (χ2v) is 5.05. The number of primary amides is 1. The van der Waals surface area contributed by atoms with E-state index in [2.05, 4.69) is 12.0 Å². The number of nitrogens with two attached hydrogens (primary N) is 2. The maximum atomic E-state index is 11.1. The number of hydrogen-bond acceptors (Lipinski definition) is 3. The van der Waals surface area contributed by atoms with Gasteiger partial charge in [-0.05, 0) is 31.2 Å². The van der Waals surface area contributed by atoms with Crippen molar-refractivity contribution in [3.8, 4) is 0 Å². The van der Waals surface area contributed by atoms with Gasteiger partial charge < -0.3 is 11.5 Å². The molecule has 1 aliphatic carbocycles. The van der Waals surface area contributed by atoms with Crippen LogP contribution in [0.4, 0.5) is 0 Å². The average Bonchev–Trinajstić information content (AvgIpc) is 2.78. The quantitative estimate of drug-likeness (QED) is 0.818. The van der Waals surface area contributed by atoms with Gasteiger partial charge in [-0.3, -0.25) is 9.48 Å². The molecule has 94 valence electrons. The molecule has 0 radical (unpaired) electrons. The van der Waals surface area contributed by atoms with Crippen molar-refractivity contribution in [2.45, 2.75) is 32.2 Å². The van der Waals surface area contributed by atoms with E-state index in [0.29, 0.717) is 30.0 Å². The van der Waals surface area contributed by atoms with Crippen molar-refractivity contribution in [3.63, 3.8) is 0 Å². The lowest BCUT2D eigenvalue weighted by atomic mass is 9.79. The standard InChI is InChI=1S/C12H20N4O/c1-8-2-3-9(5-13)11(4-8)16-7-10(6-15-16)12(14)17/h6-9,11H,2-5,13H2,1H3,(H2,14,17). The van der Waals surface area contributed by atoms with Gasteiger partial charge in [0.2, 0.25) is 0 Å². The van der Waals surface area contributed by atoms with Crippen LogP contribution in [0.1, 0.15) is 42.6 Å². The molecule has 0 bridgehead atoms. The summed E-state index contributed by atoms with van der Waals surface area (Å²) in [5.41, 5.74) is 11.5. The maximum absolute atomic E-state index is 11.1. The Morgan fingerprint density at radius 3 is 2.94 bits per heavy atom. The largest absolute Gasteiger partial charge is 0.366 e. The molecule has 2 rings (SSSR count). The molecule has 0 aliphatic heterocycles. The van der Waals surface area contributed by atoms with Crippen LogP contribution in [0.3, 0.4) is 0 Å². The van der Waals surface area contributed by atoms with E-state index in [-0.39, 0.29) is 0 Å². The summed E-state index contributed by atoms with van der Waals surface area (Å²) in [5, 5.41) is 4.25. The lowest BCUT2D eigenvalue weighted by Crippen LogP contribution is -2.32. The van der Waals surface area contributed by atoms with Crippen LogP contribution in [-0.4, -0.2) is 22.2 Å². The van der Waals surface area contributed by atoms with Gasteiger partial charge in [0.1, 0.15) is 0 Å². The van der Waals surface area contributed by atoms with Crippen LogP contribution in [0.2, 0.25) is 0 Å². The molecule has 1 aromatic heterocycles. The fraction of sp³-hybridized carbons (Fsp3) is 0.667. The zero-order chi connectivity index (χ0) is 12.4. The van der Waals surface area contributed by atoms with E-state index in [9.17, 15) is 4.79 Å². The summed E-state index contributed by atoms with van der Waals surface area (Å²) in [6.07, 6.45) is 6.71. The minimum atomic E-state index is -0.426. The monoisotopic (exact) mass is 236 g/mol. The van der Waals surface area contributed by atoms with Gasteiger partial charge in [0.15, 0.2) is 0 Å². The maximum Gasteiger partial charge on any atom is 0.251 e. The molecule has 1 saturated carbocycles. The van der Waals surface area contributed by atoms with E-state index in [1.165, 1.54) is 12.6 Å². The highest BCUT2D eigenvalue weighted by atomic mass is 16.1. The van der Waals surface area contributed by atoms with Gasteiger partial charge in [-0.1, -0.05) is 13.3 Å². The van der Waals surface area contributed by atoms with Crippen LogP contribution < -0.4 is 11.5 Å². The number of amides is 1. The molecule has 0 spiro atoms. The lowest BCUT2D eigenvalue weighted by Gasteiger charge is -2.34. The smallest absolute Gasteiger partial charge is 0.251 e. The van der Waals surface area contributed by atoms with Gasteiger partial charge in [-0.25, -0.2) is 0 Å². The topological polar surface area (TPSA) is 86.9 Å². The van der Waals surface area contributed by atoms with Crippen LogP contribution >= 0.6 is 0 Å². The first-order valence-corrected chi connectivity index (χ1v) is 6.15. The van der Waals surface area contributed by atoms with Crippen molar-refractivity contribution in [2.75, 3.05) is 6.54 Å². The molecule has 3 unspecified atom stereocenters. The molecule has 4 N–H and O–H groups in total. The fourth-order valence-electron chi connectivity index (χ4n) is 2.66. The molecule has 0 saturated heterocycles. The summed E-state index contributed by atoms with van der Waals surface area (Å²) in [5.74, 6) is 0.709. The summed E-state index contributed by atoms with van der Waals surface area (Å²) in [7, 11) is 0. The highest BCUT2D eigenvalue weighted by Crippen LogP contribution is 2.36. The molecule has 3 atom stereocenters. The third-order valence-corrected chi connectivity index (χ3v) is 3.75. The van der Waals surface area contributed by atoms with Gasteiger partial charge in [0.25, 0.3) is 5.91 Å². The Labute approximate surface area is 101 Å². The number of carbonyl (C=O) groups excluding carboxylic acids is 1. The Bertz CT molecular complexity index is 401. The first-order chi connectivity index (χ1) is 8.11. The summed E-state index contributed by atoms with van der Waals surface area (Å²) in [4.78, 5) is 11.1. The normalized spacial score (nSPS) is 29.2. The Morgan fingerprint density at radius 2 is 2.35 bits per heavy atom. The molecule has 1 heterocycles. The van der Waals surface area contributed by atoms with Crippen LogP contribution in [0.25, 0.3) is 0 Å². The molecular weight excluding hydrogens is 216 g/mol. The van der Waals surface area contributed by atoms with Crippen molar-refractivity contribution >= 4 is 5.91 Å². The zero-order valence-corrected chi connectivity index (χ0v) is 10.2. The fourth-order valence-corrected chi connectivity index (χ4v) is 2.66. The Balaban J connectivity index is 2.19. The Hall–Kier alpha value is -1.36. The molecular formula is C12H20N4O. The van der Waals surface area contributed by atoms with Crippen molar-refractivity contribution < 1.29 is 4.79 Å². The molecule has 5 heteroatoms.